The van der Waals surface area contributed by atoms with Crippen molar-refractivity contribution in [2.24, 2.45) is 0 Å². The van der Waals surface area contributed by atoms with Gasteiger partial charge in [-0.25, -0.2) is 4.90 Å². The predicted molar refractivity (Wildman–Crippen MR) is 123 cm³/mol. The lowest BCUT2D eigenvalue weighted by Gasteiger charge is -2.20. The zero-order valence-electron chi connectivity index (χ0n) is 18.0. The van der Waals surface area contributed by atoms with E-state index in [1.807, 2.05) is 61.5 Å². The zero-order chi connectivity index (χ0) is 22.7. The van der Waals surface area contributed by atoms with Gasteiger partial charge in [0, 0.05) is 13.6 Å². The fourth-order valence-electron chi connectivity index (χ4n) is 3.64. The highest BCUT2D eigenvalue weighted by Crippen LogP contribution is 2.35. The van der Waals surface area contributed by atoms with Crippen LogP contribution in [0.3, 0.4) is 0 Å². The Bertz CT molecular complexity index is 1150. The van der Waals surface area contributed by atoms with E-state index < -0.39 is 11.8 Å². The van der Waals surface area contributed by atoms with Gasteiger partial charge in [-0.15, -0.1) is 0 Å². The number of nitrogens with zero attached hydrogens (tertiary/aromatic N) is 2. The van der Waals surface area contributed by atoms with Crippen LogP contribution in [0.25, 0.3) is 5.57 Å². The second-order valence-electron chi connectivity index (χ2n) is 7.59. The lowest BCUT2D eigenvalue weighted by atomic mass is 10.0. The molecule has 1 aliphatic heterocycles. The molecule has 1 aliphatic rings. The summed E-state index contributed by atoms with van der Waals surface area (Å²) in [6.07, 6.45) is 0. The smallest absolute Gasteiger partial charge is 0.282 e. The van der Waals surface area contributed by atoms with E-state index in [2.05, 4.69) is 0 Å². The summed E-state index contributed by atoms with van der Waals surface area (Å²) in [6, 6.07) is 23.7. The number of anilines is 1. The molecular weight excluding hydrogens is 404 g/mol. The van der Waals surface area contributed by atoms with Crippen molar-refractivity contribution in [3.05, 3.63) is 95.7 Å². The number of para-hydroxylation sites is 1. The minimum absolute atomic E-state index is 0.131. The maximum Gasteiger partial charge on any atom is 0.282 e. The summed E-state index contributed by atoms with van der Waals surface area (Å²) in [5.74, 6) is 0.488. The minimum atomic E-state index is -0.418. The molecule has 6 nitrogen and oxygen atoms in total. The molecule has 32 heavy (non-hydrogen) atoms. The van der Waals surface area contributed by atoms with Crippen molar-refractivity contribution in [2.75, 3.05) is 25.1 Å². The van der Waals surface area contributed by atoms with Crippen LogP contribution in [-0.2, 0) is 9.59 Å². The largest absolute Gasteiger partial charge is 0.457 e. The average Bonchev–Trinajstić information content (AvgIpc) is 3.06. The minimum Gasteiger partial charge on any atom is -0.457 e. The summed E-state index contributed by atoms with van der Waals surface area (Å²) in [7, 11) is 1.70. The maximum absolute atomic E-state index is 13.4. The molecule has 3 aromatic carbocycles. The third kappa shape index (κ3) is 4.13. The topological polar surface area (TPSA) is 70.1 Å². The molecule has 2 amide bonds. The zero-order valence-corrected chi connectivity index (χ0v) is 18.0. The van der Waals surface area contributed by atoms with Crippen molar-refractivity contribution in [1.82, 2.24) is 4.90 Å². The number of carbonyl (C=O) groups excluding carboxylic acids is 2. The number of benzene rings is 3. The summed E-state index contributed by atoms with van der Waals surface area (Å²) < 4.78 is 5.81. The Morgan fingerprint density at radius 2 is 1.47 bits per heavy atom. The van der Waals surface area contributed by atoms with Gasteiger partial charge in [-0.05, 0) is 48.9 Å². The van der Waals surface area contributed by atoms with Gasteiger partial charge in [0.15, 0.2) is 0 Å². The van der Waals surface area contributed by atoms with Crippen LogP contribution in [0.15, 0.2) is 84.6 Å². The molecule has 0 unspecified atom stereocenters. The highest BCUT2D eigenvalue weighted by molar-refractivity contribution is 6.45. The fraction of sp³-hybridized carbons (Fsp3) is 0.154. The van der Waals surface area contributed by atoms with Gasteiger partial charge in [0.1, 0.15) is 17.2 Å². The first-order chi connectivity index (χ1) is 15.5. The van der Waals surface area contributed by atoms with Gasteiger partial charge in [-0.1, -0.05) is 48.0 Å². The van der Waals surface area contributed by atoms with E-state index in [0.717, 1.165) is 5.56 Å². The van der Waals surface area contributed by atoms with Crippen LogP contribution in [0.1, 0.15) is 11.1 Å². The molecule has 1 N–H and O–H groups in total. The summed E-state index contributed by atoms with van der Waals surface area (Å²) in [5, 5.41) is 9.39. The Labute approximate surface area is 187 Å². The Balaban J connectivity index is 1.66. The highest BCUT2D eigenvalue weighted by atomic mass is 16.5. The van der Waals surface area contributed by atoms with Crippen LogP contribution in [0.2, 0.25) is 0 Å². The number of hydrogen-bond donors (Lipinski definition) is 1. The SMILES string of the molecule is Cc1ccc(C2=C(N(C)CCO)C(=O)N(c3ccc(Oc4ccccc4)cc3)C2=O)cc1. The van der Waals surface area contributed by atoms with E-state index in [4.69, 9.17) is 4.74 Å². The van der Waals surface area contributed by atoms with Gasteiger partial charge in [0.05, 0.1) is 17.9 Å². The molecule has 3 aromatic rings. The van der Waals surface area contributed by atoms with E-state index in [0.29, 0.717) is 28.3 Å². The molecular formula is C26H24N2O4. The van der Waals surface area contributed by atoms with Gasteiger partial charge in [0.25, 0.3) is 11.8 Å². The molecule has 0 bridgehead atoms. The number of likely N-dealkylation sites (N-methyl/N-ethyl adjacent to an activating group) is 1. The predicted octanol–water partition coefficient (Wildman–Crippen LogP) is 4.00. The second kappa shape index (κ2) is 9.08. The molecule has 0 spiro atoms. The number of carbonyl (C=O) groups is 2. The van der Waals surface area contributed by atoms with Crippen LogP contribution in [0, 0.1) is 6.92 Å². The maximum atomic E-state index is 13.4. The molecule has 0 saturated heterocycles. The van der Waals surface area contributed by atoms with Gasteiger partial charge in [0.2, 0.25) is 0 Å². The Morgan fingerprint density at radius 3 is 2.09 bits per heavy atom. The Morgan fingerprint density at radius 1 is 0.844 bits per heavy atom. The van der Waals surface area contributed by atoms with Crippen LogP contribution in [0.5, 0.6) is 11.5 Å². The first-order valence-corrected chi connectivity index (χ1v) is 10.3. The number of aliphatic hydroxyl groups excluding tert-OH is 1. The van der Waals surface area contributed by atoms with E-state index in [9.17, 15) is 14.7 Å². The number of aryl methyl sites for hydroxylation is 1. The first-order valence-electron chi connectivity index (χ1n) is 10.3. The lowest BCUT2D eigenvalue weighted by molar-refractivity contribution is -0.120. The fourth-order valence-corrected chi connectivity index (χ4v) is 3.64. The molecule has 4 rings (SSSR count). The third-order valence-corrected chi connectivity index (χ3v) is 5.29. The number of hydrogen-bond acceptors (Lipinski definition) is 5. The van der Waals surface area contributed by atoms with E-state index in [-0.39, 0.29) is 18.8 Å². The molecule has 0 saturated carbocycles. The molecule has 0 atom stereocenters. The monoisotopic (exact) mass is 428 g/mol. The van der Waals surface area contributed by atoms with Gasteiger partial charge in [-0.3, -0.25) is 9.59 Å². The van der Waals surface area contributed by atoms with Crippen LogP contribution in [-0.4, -0.2) is 42.0 Å². The van der Waals surface area contributed by atoms with E-state index in [1.165, 1.54) is 4.90 Å². The summed E-state index contributed by atoms with van der Waals surface area (Å²) in [5.41, 5.74) is 2.79. The molecule has 6 heteroatoms. The van der Waals surface area contributed by atoms with Crippen molar-refractivity contribution in [1.29, 1.82) is 0 Å². The number of rotatable bonds is 7. The van der Waals surface area contributed by atoms with Gasteiger partial charge in [-0.2, -0.15) is 0 Å². The van der Waals surface area contributed by atoms with Crippen LogP contribution < -0.4 is 9.64 Å². The van der Waals surface area contributed by atoms with Crippen molar-refractivity contribution in [3.63, 3.8) is 0 Å². The summed E-state index contributed by atoms with van der Waals surface area (Å²) >= 11 is 0. The standard InChI is InChI=1S/C26H24N2O4/c1-18-8-10-19(11-9-18)23-24(27(2)16-17-29)26(31)28(25(23)30)20-12-14-22(15-13-20)32-21-6-4-3-5-7-21/h3-15,29H,16-17H2,1-2H3. The number of amides is 2. The molecule has 0 aliphatic carbocycles. The summed E-state index contributed by atoms with van der Waals surface area (Å²) in [4.78, 5) is 29.6. The number of ether oxygens (including phenoxy) is 1. The number of aliphatic hydroxyl groups is 1. The van der Waals surface area contributed by atoms with Crippen LogP contribution >= 0.6 is 0 Å². The van der Waals surface area contributed by atoms with Crippen molar-refractivity contribution in [3.8, 4) is 11.5 Å². The quantitative estimate of drug-likeness (QED) is 0.576. The molecule has 1 heterocycles. The molecule has 0 radical (unpaired) electrons. The van der Waals surface area contributed by atoms with Crippen molar-refractivity contribution < 1.29 is 19.4 Å². The number of imide groups is 1. The average molecular weight is 428 g/mol. The van der Waals surface area contributed by atoms with E-state index in [1.54, 1.807) is 36.2 Å². The highest BCUT2D eigenvalue weighted by Gasteiger charge is 2.41. The van der Waals surface area contributed by atoms with Crippen LogP contribution in [0.4, 0.5) is 5.69 Å². The molecule has 0 aromatic heterocycles. The van der Waals surface area contributed by atoms with Gasteiger partial charge >= 0.3 is 0 Å². The lowest BCUT2D eigenvalue weighted by Crippen LogP contribution is -2.34. The Hall–Kier alpha value is -3.90. The van der Waals surface area contributed by atoms with Crippen molar-refractivity contribution in [2.45, 2.75) is 6.92 Å². The second-order valence-corrected chi connectivity index (χ2v) is 7.59. The molecule has 162 valence electrons. The normalized spacial score (nSPS) is 13.7. The van der Waals surface area contributed by atoms with E-state index >= 15 is 0 Å². The summed E-state index contributed by atoms with van der Waals surface area (Å²) in [6.45, 7) is 2.07. The third-order valence-electron chi connectivity index (χ3n) is 5.29. The van der Waals surface area contributed by atoms with Gasteiger partial charge < -0.3 is 14.7 Å². The Kier molecular flexibility index (Phi) is 6.05. The first kappa shape index (κ1) is 21.3. The van der Waals surface area contributed by atoms with Crippen molar-refractivity contribution >= 4 is 23.1 Å². The molecule has 0 fully saturated rings.